The summed E-state index contributed by atoms with van der Waals surface area (Å²) in [6, 6.07) is 25.5. The number of carboxylic acids is 2. The maximum Gasteiger partial charge on any atom is 0.414 e. The van der Waals surface area contributed by atoms with Crippen LogP contribution in [-0.4, -0.2) is 31.7 Å². The summed E-state index contributed by atoms with van der Waals surface area (Å²) >= 11 is 6.53. The van der Waals surface area contributed by atoms with Crippen molar-refractivity contribution >= 4 is 23.5 Å². The second-order valence-electron chi connectivity index (χ2n) is 7.25. The first kappa shape index (κ1) is 23.0. The molecule has 0 aliphatic carbocycles. The SMILES string of the molecule is Clc1ccccc1C1(c2ccc(Oc3ccccc3)cc2)OC1n1ccnc1.O=C(O)C(=O)O. The van der Waals surface area contributed by atoms with Gasteiger partial charge in [0.15, 0.2) is 11.8 Å². The molecule has 4 aromatic rings. The molecule has 9 heteroatoms. The van der Waals surface area contributed by atoms with Gasteiger partial charge in [-0.25, -0.2) is 14.6 Å². The Morgan fingerprint density at radius 3 is 2.12 bits per heavy atom. The summed E-state index contributed by atoms with van der Waals surface area (Å²) in [5, 5.41) is 15.5. The molecule has 1 aliphatic rings. The highest BCUT2D eigenvalue weighted by Crippen LogP contribution is 2.60. The smallest absolute Gasteiger partial charge is 0.414 e. The van der Waals surface area contributed by atoms with Crippen LogP contribution in [0.1, 0.15) is 17.4 Å². The first-order chi connectivity index (χ1) is 16.4. The number of imidazole rings is 1. The molecule has 2 unspecified atom stereocenters. The Morgan fingerprint density at radius 1 is 0.912 bits per heavy atom. The van der Waals surface area contributed by atoms with Crippen LogP contribution in [0.4, 0.5) is 0 Å². The molecule has 3 aromatic carbocycles. The van der Waals surface area contributed by atoms with Crippen molar-refractivity contribution in [3.8, 4) is 11.5 Å². The highest BCUT2D eigenvalue weighted by atomic mass is 35.5. The van der Waals surface area contributed by atoms with Crippen LogP contribution in [0.3, 0.4) is 0 Å². The minimum Gasteiger partial charge on any atom is -0.473 e. The number of halogens is 1. The van der Waals surface area contributed by atoms with Crippen molar-refractivity contribution in [3.63, 3.8) is 0 Å². The van der Waals surface area contributed by atoms with E-state index in [0.717, 1.165) is 22.6 Å². The molecule has 8 nitrogen and oxygen atoms in total. The summed E-state index contributed by atoms with van der Waals surface area (Å²) in [7, 11) is 0. The van der Waals surface area contributed by atoms with Crippen LogP contribution in [0, 0.1) is 0 Å². The normalized spacial score (nSPS) is 18.3. The average Bonchev–Trinajstić information content (AvgIpc) is 3.34. The van der Waals surface area contributed by atoms with E-state index in [4.69, 9.17) is 40.9 Å². The van der Waals surface area contributed by atoms with E-state index in [2.05, 4.69) is 4.98 Å². The van der Waals surface area contributed by atoms with Crippen molar-refractivity contribution in [2.24, 2.45) is 0 Å². The van der Waals surface area contributed by atoms with E-state index in [0.29, 0.717) is 5.02 Å². The minimum absolute atomic E-state index is 0.198. The zero-order valence-corrected chi connectivity index (χ0v) is 18.4. The summed E-state index contributed by atoms with van der Waals surface area (Å²) < 4.78 is 14.1. The number of rotatable bonds is 5. The fraction of sp³-hybridized carbons (Fsp3) is 0.0800. The standard InChI is InChI=1S/C23H17ClN2O2.C2H2O4/c24-21-9-5-4-8-20(21)23(22(28-23)26-15-14-25-16-26)17-10-12-19(13-11-17)27-18-6-2-1-3-7-18;3-1(4)2(5)6/h1-16,22H;(H,3,4)(H,5,6). The van der Waals surface area contributed by atoms with Gasteiger partial charge in [0.05, 0.1) is 6.33 Å². The molecule has 2 atom stereocenters. The van der Waals surface area contributed by atoms with Gasteiger partial charge in [-0.1, -0.05) is 60.1 Å². The van der Waals surface area contributed by atoms with Gasteiger partial charge >= 0.3 is 11.9 Å². The summed E-state index contributed by atoms with van der Waals surface area (Å²) in [4.78, 5) is 22.3. The van der Waals surface area contributed by atoms with Crippen molar-refractivity contribution in [2.45, 2.75) is 11.8 Å². The maximum atomic E-state index is 9.10. The number of ether oxygens (including phenoxy) is 2. The van der Waals surface area contributed by atoms with Gasteiger partial charge in [-0.15, -0.1) is 0 Å². The van der Waals surface area contributed by atoms with Crippen LogP contribution in [0.2, 0.25) is 5.02 Å². The predicted molar refractivity (Wildman–Crippen MR) is 123 cm³/mol. The molecular formula is C25H19ClN2O6. The Morgan fingerprint density at radius 2 is 1.53 bits per heavy atom. The van der Waals surface area contributed by atoms with Crippen molar-refractivity contribution in [3.05, 3.63) is 114 Å². The number of aromatic nitrogens is 2. The summed E-state index contributed by atoms with van der Waals surface area (Å²) in [6.45, 7) is 0. The van der Waals surface area contributed by atoms with Gasteiger partial charge in [0.1, 0.15) is 11.5 Å². The highest BCUT2D eigenvalue weighted by molar-refractivity contribution is 6.31. The van der Waals surface area contributed by atoms with E-state index in [-0.39, 0.29) is 6.23 Å². The molecule has 0 amide bonds. The van der Waals surface area contributed by atoms with Gasteiger partial charge in [0.25, 0.3) is 0 Å². The second-order valence-corrected chi connectivity index (χ2v) is 7.65. The Balaban J connectivity index is 0.000000408. The van der Waals surface area contributed by atoms with E-state index in [1.807, 2.05) is 89.6 Å². The van der Waals surface area contributed by atoms with Crippen LogP contribution in [0.5, 0.6) is 11.5 Å². The number of epoxide rings is 1. The Labute approximate surface area is 199 Å². The molecule has 5 rings (SSSR count). The minimum atomic E-state index is -1.82. The maximum absolute atomic E-state index is 9.10. The number of hydrogen-bond acceptors (Lipinski definition) is 5. The topological polar surface area (TPSA) is 114 Å². The summed E-state index contributed by atoms with van der Waals surface area (Å²) in [5.41, 5.74) is 1.30. The van der Waals surface area contributed by atoms with Gasteiger partial charge < -0.3 is 24.3 Å². The lowest BCUT2D eigenvalue weighted by atomic mass is 9.90. The molecule has 0 spiro atoms. The zero-order chi connectivity index (χ0) is 24.1. The molecule has 34 heavy (non-hydrogen) atoms. The Kier molecular flexibility index (Phi) is 6.62. The van der Waals surface area contributed by atoms with E-state index in [1.165, 1.54) is 0 Å². The first-order valence-corrected chi connectivity index (χ1v) is 10.5. The molecule has 0 radical (unpaired) electrons. The average molecular weight is 479 g/mol. The van der Waals surface area contributed by atoms with E-state index in [1.54, 1.807) is 12.5 Å². The van der Waals surface area contributed by atoms with Crippen molar-refractivity contribution in [1.82, 2.24) is 9.55 Å². The quantitative estimate of drug-likeness (QED) is 0.308. The van der Waals surface area contributed by atoms with Gasteiger partial charge in [-0.2, -0.15) is 0 Å². The van der Waals surface area contributed by atoms with Crippen LogP contribution >= 0.6 is 11.6 Å². The largest absolute Gasteiger partial charge is 0.473 e. The molecule has 172 valence electrons. The third kappa shape index (κ3) is 4.78. The highest BCUT2D eigenvalue weighted by Gasteiger charge is 2.61. The van der Waals surface area contributed by atoms with E-state index >= 15 is 0 Å². The van der Waals surface area contributed by atoms with Crippen molar-refractivity contribution in [2.75, 3.05) is 0 Å². The predicted octanol–water partition coefficient (Wildman–Crippen LogP) is 4.96. The number of hydrogen-bond donors (Lipinski definition) is 2. The summed E-state index contributed by atoms with van der Waals surface area (Å²) in [6.07, 6.45) is 5.21. The van der Waals surface area contributed by atoms with Crippen molar-refractivity contribution in [1.29, 1.82) is 0 Å². The molecule has 1 fully saturated rings. The van der Waals surface area contributed by atoms with E-state index in [9.17, 15) is 0 Å². The number of benzene rings is 3. The molecule has 1 aliphatic heterocycles. The third-order valence-corrected chi connectivity index (χ3v) is 5.43. The lowest BCUT2D eigenvalue weighted by Crippen LogP contribution is -2.15. The molecule has 2 N–H and O–H groups in total. The Bertz CT molecular complexity index is 1270. The fourth-order valence-corrected chi connectivity index (χ4v) is 3.82. The molecule has 2 heterocycles. The monoisotopic (exact) mass is 478 g/mol. The third-order valence-electron chi connectivity index (χ3n) is 5.10. The van der Waals surface area contributed by atoms with E-state index < -0.39 is 17.5 Å². The number of carboxylic acid groups (broad SMARTS) is 2. The van der Waals surface area contributed by atoms with Crippen LogP contribution in [-0.2, 0) is 19.9 Å². The number of aliphatic carboxylic acids is 2. The fourth-order valence-electron chi connectivity index (χ4n) is 3.54. The molecule has 1 saturated heterocycles. The molecular weight excluding hydrogens is 460 g/mol. The number of carbonyl (C=O) groups is 2. The summed E-state index contributed by atoms with van der Waals surface area (Å²) in [5.74, 6) is -2.08. The van der Waals surface area contributed by atoms with Crippen LogP contribution < -0.4 is 4.74 Å². The van der Waals surface area contributed by atoms with Gasteiger partial charge in [0, 0.05) is 23.0 Å². The number of para-hydroxylation sites is 1. The van der Waals surface area contributed by atoms with Gasteiger partial charge in [0.2, 0.25) is 0 Å². The second kappa shape index (κ2) is 9.78. The lowest BCUT2D eigenvalue weighted by molar-refractivity contribution is -0.159. The zero-order valence-electron chi connectivity index (χ0n) is 17.6. The molecule has 0 bridgehead atoms. The Hall–Kier alpha value is -4.14. The lowest BCUT2D eigenvalue weighted by Gasteiger charge is -2.16. The number of nitrogens with zero attached hydrogens (tertiary/aromatic N) is 2. The molecule has 1 aromatic heterocycles. The molecule has 0 saturated carbocycles. The van der Waals surface area contributed by atoms with Crippen molar-refractivity contribution < 1.29 is 29.3 Å². The van der Waals surface area contributed by atoms with Gasteiger partial charge in [-0.3, -0.25) is 0 Å². The van der Waals surface area contributed by atoms with Crippen LogP contribution in [0.15, 0.2) is 97.6 Å². The van der Waals surface area contributed by atoms with Crippen LogP contribution in [0.25, 0.3) is 0 Å². The van der Waals surface area contributed by atoms with Gasteiger partial charge in [-0.05, 0) is 35.9 Å². The first-order valence-electron chi connectivity index (χ1n) is 10.1.